The van der Waals surface area contributed by atoms with Crippen LogP contribution in [0.1, 0.15) is 11.4 Å². The number of nitrogens with one attached hydrogen (secondary N) is 2. The summed E-state index contributed by atoms with van der Waals surface area (Å²) < 4.78 is 26.9. The Bertz CT molecular complexity index is 685. The predicted molar refractivity (Wildman–Crippen MR) is 75.0 cm³/mol. The van der Waals surface area contributed by atoms with Crippen LogP contribution in [0.5, 0.6) is 0 Å². The Hall–Kier alpha value is -2.03. The SMILES string of the molecule is Cc1cnc(CNS(=O)(=O)c2ccccc2NN)cn1. The van der Waals surface area contributed by atoms with Crippen molar-refractivity contribution in [3.05, 3.63) is 48.0 Å². The number of nitrogens with two attached hydrogens (primary N) is 1. The molecule has 106 valence electrons. The maximum atomic E-state index is 12.2. The van der Waals surface area contributed by atoms with Crippen molar-refractivity contribution >= 4 is 15.7 Å². The van der Waals surface area contributed by atoms with Gasteiger partial charge in [0.1, 0.15) is 4.90 Å². The van der Waals surface area contributed by atoms with Gasteiger partial charge in [0.15, 0.2) is 0 Å². The number of sulfonamides is 1. The van der Waals surface area contributed by atoms with E-state index in [1.807, 2.05) is 6.92 Å². The van der Waals surface area contributed by atoms with Gasteiger partial charge in [-0.25, -0.2) is 13.1 Å². The summed E-state index contributed by atoms with van der Waals surface area (Å²) >= 11 is 0. The van der Waals surface area contributed by atoms with Gasteiger partial charge >= 0.3 is 0 Å². The van der Waals surface area contributed by atoms with Gasteiger partial charge in [-0.2, -0.15) is 0 Å². The third-order valence-electron chi connectivity index (χ3n) is 2.61. The number of rotatable bonds is 5. The summed E-state index contributed by atoms with van der Waals surface area (Å²) in [5.41, 5.74) is 4.00. The largest absolute Gasteiger partial charge is 0.323 e. The van der Waals surface area contributed by atoms with Gasteiger partial charge in [0.2, 0.25) is 10.0 Å². The van der Waals surface area contributed by atoms with Crippen LogP contribution in [0.2, 0.25) is 0 Å². The number of hydrogen-bond acceptors (Lipinski definition) is 6. The molecule has 8 heteroatoms. The Morgan fingerprint density at radius 2 is 1.95 bits per heavy atom. The van der Waals surface area contributed by atoms with E-state index >= 15 is 0 Å². The normalized spacial score (nSPS) is 11.3. The Balaban J connectivity index is 2.17. The van der Waals surface area contributed by atoms with Gasteiger partial charge in [-0.15, -0.1) is 0 Å². The molecule has 0 saturated carbocycles. The first-order valence-electron chi connectivity index (χ1n) is 5.86. The van der Waals surface area contributed by atoms with E-state index in [1.54, 1.807) is 24.4 Å². The molecular formula is C12H15N5O2S. The fraction of sp³-hybridized carbons (Fsp3) is 0.167. The van der Waals surface area contributed by atoms with Crippen molar-refractivity contribution in [2.75, 3.05) is 5.43 Å². The zero-order valence-electron chi connectivity index (χ0n) is 10.9. The maximum Gasteiger partial charge on any atom is 0.243 e. The summed E-state index contributed by atoms with van der Waals surface area (Å²) in [4.78, 5) is 8.23. The summed E-state index contributed by atoms with van der Waals surface area (Å²) in [6.07, 6.45) is 3.12. The maximum absolute atomic E-state index is 12.2. The van der Waals surface area contributed by atoms with Crippen molar-refractivity contribution in [1.29, 1.82) is 0 Å². The number of para-hydroxylation sites is 1. The Morgan fingerprint density at radius 3 is 2.60 bits per heavy atom. The van der Waals surface area contributed by atoms with Gasteiger partial charge in [-0.05, 0) is 19.1 Å². The third-order valence-corrected chi connectivity index (χ3v) is 4.07. The van der Waals surface area contributed by atoms with E-state index in [0.717, 1.165) is 5.69 Å². The molecule has 1 aromatic heterocycles. The number of nitrogens with zero attached hydrogens (tertiary/aromatic N) is 2. The quantitative estimate of drug-likeness (QED) is 0.548. The number of nitrogen functional groups attached to an aromatic ring is 1. The standard InChI is InChI=1S/C12H15N5O2S/c1-9-6-15-10(7-14-9)8-16-20(18,19)12-5-3-2-4-11(12)17-13/h2-7,16-17H,8,13H2,1H3. The molecule has 0 atom stereocenters. The molecule has 0 bridgehead atoms. The van der Waals surface area contributed by atoms with Crippen LogP contribution in [0.15, 0.2) is 41.6 Å². The molecule has 2 aromatic rings. The fourth-order valence-electron chi connectivity index (χ4n) is 1.58. The average Bonchev–Trinajstić information content (AvgIpc) is 2.46. The van der Waals surface area contributed by atoms with Crippen molar-refractivity contribution in [3.63, 3.8) is 0 Å². The van der Waals surface area contributed by atoms with Gasteiger partial charge in [0.05, 0.1) is 29.8 Å². The molecule has 4 N–H and O–H groups in total. The molecule has 0 radical (unpaired) electrons. The highest BCUT2D eigenvalue weighted by Crippen LogP contribution is 2.19. The van der Waals surface area contributed by atoms with Crippen LogP contribution in [-0.2, 0) is 16.6 Å². The zero-order valence-corrected chi connectivity index (χ0v) is 11.7. The Labute approximate surface area is 117 Å². The molecule has 2 rings (SSSR count). The van der Waals surface area contributed by atoms with Gasteiger partial charge in [0, 0.05) is 6.20 Å². The summed E-state index contributed by atoms with van der Waals surface area (Å²) in [5.74, 6) is 5.31. The molecule has 1 heterocycles. The number of aryl methyl sites for hydroxylation is 1. The minimum Gasteiger partial charge on any atom is -0.323 e. The number of benzene rings is 1. The van der Waals surface area contributed by atoms with Crippen molar-refractivity contribution in [1.82, 2.24) is 14.7 Å². The van der Waals surface area contributed by atoms with E-state index in [9.17, 15) is 8.42 Å². The molecule has 0 amide bonds. The topological polar surface area (TPSA) is 110 Å². The lowest BCUT2D eigenvalue weighted by Crippen LogP contribution is -2.25. The van der Waals surface area contributed by atoms with Crippen LogP contribution < -0.4 is 16.0 Å². The molecule has 0 fully saturated rings. The third kappa shape index (κ3) is 3.29. The van der Waals surface area contributed by atoms with Gasteiger partial charge in [-0.1, -0.05) is 12.1 Å². The van der Waals surface area contributed by atoms with E-state index < -0.39 is 10.0 Å². The lowest BCUT2D eigenvalue weighted by Gasteiger charge is -2.10. The van der Waals surface area contributed by atoms with E-state index in [0.29, 0.717) is 11.4 Å². The van der Waals surface area contributed by atoms with Gasteiger partial charge in [0.25, 0.3) is 0 Å². The highest BCUT2D eigenvalue weighted by atomic mass is 32.2. The summed E-state index contributed by atoms with van der Waals surface area (Å²) in [6.45, 7) is 1.87. The monoisotopic (exact) mass is 293 g/mol. The van der Waals surface area contributed by atoms with Crippen LogP contribution in [0, 0.1) is 6.92 Å². The lowest BCUT2D eigenvalue weighted by atomic mass is 10.3. The number of anilines is 1. The summed E-state index contributed by atoms with van der Waals surface area (Å²) in [7, 11) is -3.67. The second-order valence-corrected chi connectivity index (χ2v) is 5.85. The smallest absolute Gasteiger partial charge is 0.243 e. The first-order valence-corrected chi connectivity index (χ1v) is 7.34. The molecule has 0 aliphatic heterocycles. The average molecular weight is 293 g/mol. The molecule has 7 nitrogen and oxygen atoms in total. The molecule has 0 saturated heterocycles. The second kappa shape index (κ2) is 5.95. The summed E-state index contributed by atoms with van der Waals surface area (Å²) in [6, 6.07) is 6.37. The minimum atomic E-state index is -3.67. The lowest BCUT2D eigenvalue weighted by molar-refractivity contribution is 0.580. The number of hydrogen-bond donors (Lipinski definition) is 3. The van der Waals surface area contributed by atoms with Crippen LogP contribution in [0.25, 0.3) is 0 Å². The molecule has 0 spiro atoms. The van der Waals surface area contributed by atoms with Crippen LogP contribution in [0.3, 0.4) is 0 Å². The predicted octanol–water partition coefficient (Wildman–Crippen LogP) is 0.549. The molecular weight excluding hydrogens is 278 g/mol. The van der Waals surface area contributed by atoms with Crippen LogP contribution in [-0.4, -0.2) is 18.4 Å². The molecule has 0 aliphatic rings. The summed E-state index contributed by atoms with van der Waals surface area (Å²) in [5, 5.41) is 0. The van der Waals surface area contributed by atoms with Crippen molar-refractivity contribution in [2.24, 2.45) is 5.84 Å². The van der Waals surface area contributed by atoms with Gasteiger partial charge in [-0.3, -0.25) is 15.8 Å². The fourth-order valence-corrected chi connectivity index (χ4v) is 2.75. The minimum absolute atomic E-state index is 0.0640. The number of aromatic nitrogens is 2. The molecule has 20 heavy (non-hydrogen) atoms. The van der Waals surface area contributed by atoms with Crippen molar-refractivity contribution in [3.8, 4) is 0 Å². The molecule has 1 aromatic carbocycles. The molecule has 0 unspecified atom stereocenters. The number of hydrazine groups is 1. The molecule has 0 aliphatic carbocycles. The van der Waals surface area contributed by atoms with E-state index in [1.165, 1.54) is 12.3 Å². The highest BCUT2D eigenvalue weighted by Gasteiger charge is 2.17. The Morgan fingerprint density at radius 1 is 1.20 bits per heavy atom. The van der Waals surface area contributed by atoms with E-state index in [2.05, 4.69) is 20.1 Å². The zero-order chi connectivity index (χ0) is 14.6. The van der Waals surface area contributed by atoms with Crippen molar-refractivity contribution in [2.45, 2.75) is 18.4 Å². The van der Waals surface area contributed by atoms with Crippen molar-refractivity contribution < 1.29 is 8.42 Å². The van der Waals surface area contributed by atoms with Gasteiger partial charge < -0.3 is 5.43 Å². The van der Waals surface area contributed by atoms with E-state index in [-0.39, 0.29) is 11.4 Å². The second-order valence-electron chi connectivity index (χ2n) is 4.11. The first kappa shape index (κ1) is 14.4. The van der Waals surface area contributed by atoms with Crippen LogP contribution in [0.4, 0.5) is 5.69 Å². The Kier molecular flexibility index (Phi) is 4.28. The highest BCUT2D eigenvalue weighted by molar-refractivity contribution is 7.89. The first-order chi connectivity index (χ1) is 9.53. The van der Waals surface area contributed by atoms with Crippen LogP contribution >= 0.6 is 0 Å². The van der Waals surface area contributed by atoms with E-state index in [4.69, 9.17) is 5.84 Å².